The van der Waals surface area contributed by atoms with Gasteiger partial charge in [0.15, 0.2) is 0 Å². The number of carbonyl (C=O) groups excluding carboxylic acids is 2. The van der Waals surface area contributed by atoms with Gasteiger partial charge < -0.3 is 15.2 Å². The number of esters is 1. The molecule has 18 heavy (non-hydrogen) atoms. The van der Waals surface area contributed by atoms with Gasteiger partial charge in [-0.1, -0.05) is 13.2 Å². The molecule has 100 valence electrons. The van der Waals surface area contributed by atoms with Gasteiger partial charge in [-0.15, -0.1) is 0 Å². The number of carboxylic acids is 1. The molecule has 0 aliphatic heterocycles. The first-order valence-corrected chi connectivity index (χ1v) is 5.24. The Morgan fingerprint density at radius 1 is 1.22 bits per heavy atom. The van der Waals surface area contributed by atoms with Crippen LogP contribution in [0.2, 0.25) is 0 Å². The third-order valence-corrected chi connectivity index (χ3v) is 1.91. The van der Waals surface area contributed by atoms with E-state index in [1.807, 2.05) is 0 Å². The summed E-state index contributed by atoms with van der Waals surface area (Å²) in [7, 11) is 0. The van der Waals surface area contributed by atoms with Crippen LogP contribution in [0.25, 0.3) is 0 Å². The van der Waals surface area contributed by atoms with Crippen LogP contribution in [0.3, 0.4) is 0 Å². The van der Waals surface area contributed by atoms with Crippen LogP contribution in [0.1, 0.15) is 20.3 Å². The molecule has 0 fully saturated rings. The van der Waals surface area contributed by atoms with Crippen LogP contribution in [0.15, 0.2) is 24.3 Å². The van der Waals surface area contributed by atoms with E-state index >= 15 is 0 Å². The van der Waals surface area contributed by atoms with Crippen LogP contribution in [-0.4, -0.2) is 35.6 Å². The van der Waals surface area contributed by atoms with Crippen molar-refractivity contribution in [1.82, 2.24) is 5.32 Å². The minimum atomic E-state index is -1.10. The zero-order valence-corrected chi connectivity index (χ0v) is 10.5. The lowest BCUT2D eigenvalue weighted by Crippen LogP contribution is -2.40. The number of aliphatic carboxylic acids is 1. The van der Waals surface area contributed by atoms with Gasteiger partial charge in [0.25, 0.3) is 0 Å². The first-order chi connectivity index (χ1) is 8.23. The second-order valence-corrected chi connectivity index (χ2v) is 3.93. The Bertz CT molecular complexity index is 386. The van der Waals surface area contributed by atoms with Crippen molar-refractivity contribution in [3.8, 4) is 0 Å². The minimum Gasteiger partial charge on any atom is -0.481 e. The molecule has 0 aromatic heterocycles. The van der Waals surface area contributed by atoms with Gasteiger partial charge in [0, 0.05) is 11.1 Å². The van der Waals surface area contributed by atoms with E-state index in [2.05, 4.69) is 18.5 Å². The number of rotatable bonds is 7. The fourth-order valence-electron chi connectivity index (χ4n) is 0.970. The van der Waals surface area contributed by atoms with Gasteiger partial charge >= 0.3 is 11.9 Å². The predicted molar refractivity (Wildman–Crippen MR) is 64.8 cm³/mol. The maximum absolute atomic E-state index is 11.4. The molecule has 0 spiro atoms. The average molecular weight is 255 g/mol. The fourth-order valence-corrected chi connectivity index (χ4v) is 0.970. The quantitative estimate of drug-likeness (QED) is 0.514. The third-order valence-electron chi connectivity index (χ3n) is 1.91. The van der Waals surface area contributed by atoms with Gasteiger partial charge in [0.05, 0.1) is 12.5 Å². The molecule has 6 heteroatoms. The number of carbonyl (C=O) groups is 3. The van der Waals surface area contributed by atoms with E-state index in [9.17, 15) is 14.4 Å². The van der Waals surface area contributed by atoms with Crippen molar-refractivity contribution >= 4 is 17.8 Å². The predicted octanol–water partition coefficient (Wildman–Crippen LogP) is 0.641. The maximum atomic E-state index is 11.4. The molecule has 0 aliphatic rings. The Hall–Kier alpha value is -2.11. The first kappa shape index (κ1) is 15.9. The number of carboxylic acid groups (broad SMARTS) is 1. The van der Waals surface area contributed by atoms with Crippen molar-refractivity contribution < 1.29 is 24.2 Å². The minimum absolute atomic E-state index is 0.204. The summed E-state index contributed by atoms with van der Waals surface area (Å²) in [6, 6.07) is -0.796. The van der Waals surface area contributed by atoms with Crippen molar-refractivity contribution in [1.29, 1.82) is 0 Å². The maximum Gasteiger partial charge on any atom is 0.333 e. The summed E-state index contributed by atoms with van der Waals surface area (Å²) in [6.45, 7) is 9.56. The lowest BCUT2D eigenvalue weighted by atomic mass is 10.2. The number of nitrogens with one attached hydrogen (secondary N) is 1. The number of amides is 1. The lowest BCUT2D eigenvalue weighted by Gasteiger charge is -2.17. The zero-order chi connectivity index (χ0) is 14.3. The summed E-state index contributed by atoms with van der Waals surface area (Å²) in [5.74, 6) is -2.21. The molecule has 0 heterocycles. The summed E-state index contributed by atoms with van der Waals surface area (Å²) in [5, 5.41) is 11.1. The summed E-state index contributed by atoms with van der Waals surface area (Å²) in [5.41, 5.74) is 0.451. The Labute approximate surface area is 105 Å². The van der Waals surface area contributed by atoms with E-state index in [0.29, 0.717) is 0 Å². The molecule has 1 atom stereocenters. The highest BCUT2D eigenvalue weighted by atomic mass is 16.5. The van der Waals surface area contributed by atoms with Gasteiger partial charge in [0.1, 0.15) is 6.61 Å². The van der Waals surface area contributed by atoms with E-state index in [-0.39, 0.29) is 24.2 Å². The highest BCUT2D eigenvalue weighted by Gasteiger charge is 2.18. The molecular formula is C12H17NO5. The molecule has 6 nitrogen and oxygen atoms in total. The third kappa shape index (κ3) is 6.47. The summed E-state index contributed by atoms with van der Waals surface area (Å²) < 4.78 is 4.80. The molecule has 0 unspecified atom stereocenters. The molecule has 0 saturated heterocycles. The highest BCUT2D eigenvalue weighted by Crippen LogP contribution is 2.00. The summed E-state index contributed by atoms with van der Waals surface area (Å²) in [6.07, 6.45) is -0.345. The van der Waals surface area contributed by atoms with Crippen LogP contribution in [0.5, 0.6) is 0 Å². The Kier molecular flexibility index (Phi) is 6.41. The summed E-state index contributed by atoms with van der Waals surface area (Å²) in [4.78, 5) is 33.1. The molecule has 0 rings (SSSR count). The van der Waals surface area contributed by atoms with Crippen LogP contribution >= 0.6 is 0 Å². The zero-order valence-electron chi connectivity index (χ0n) is 10.5. The molecule has 0 aromatic rings. The topological polar surface area (TPSA) is 92.7 Å². The van der Waals surface area contributed by atoms with E-state index in [4.69, 9.17) is 9.84 Å². The number of hydrogen-bond donors (Lipinski definition) is 2. The van der Waals surface area contributed by atoms with Crippen LogP contribution < -0.4 is 5.32 Å². The van der Waals surface area contributed by atoms with Crippen molar-refractivity contribution in [2.24, 2.45) is 0 Å². The standard InChI is InChI=1S/C12H17NO5/c1-7(2)11(16)13-9(5-10(14)15)6-18-12(17)8(3)4/h9H,1,3,5-6H2,2,4H3,(H,13,16)(H,14,15)/t9-/m0/s1. The van der Waals surface area contributed by atoms with Crippen LogP contribution in [-0.2, 0) is 19.1 Å². The molecule has 0 bridgehead atoms. The fraction of sp³-hybridized carbons (Fsp3) is 0.417. The van der Waals surface area contributed by atoms with Gasteiger partial charge in [-0.25, -0.2) is 4.79 Å². The van der Waals surface area contributed by atoms with Crippen LogP contribution in [0.4, 0.5) is 0 Å². The molecule has 0 saturated carbocycles. The summed E-state index contributed by atoms with van der Waals surface area (Å²) >= 11 is 0. The number of ether oxygens (including phenoxy) is 1. The smallest absolute Gasteiger partial charge is 0.333 e. The lowest BCUT2D eigenvalue weighted by molar-refractivity contribution is -0.143. The highest BCUT2D eigenvalue weighted by molar-refractivity contribution is 5.92. The molecule has 2 N–H and O–H groups in total. The van der Waals surface area contributed by atoms with E-state index < -0.39 is 23.9 Å². The first-order valence-electron chi connectivity index (χ1n) is 5.24. The van der Waals surface area contributed by atoms with Crippen LogP contribution in [0, 0.1) is 0 Å². The molecule has 0 aromatic carbocycles. The second-order valence-electron chi connectivity index (χ2n) is 3.93. The normalized spacial score (nSPS) is 11.2. The molecule has 0 aliphatic carbocycles. The Morgan fingerprint density at radius 2 is 1.78 bits per heavy atom. The molecular weight excluding hydrogens is 238 g/mol. The molecule has 1 amide bonds. The van der Waals surface area contributed by atoms with E-state index in [0.717, 1.165) is 0 Å². The van der Waals surface area contributed by atoms with E-state index in [1.165, 1.54) is 13.8 Å². The SMILES string of the molecule is C=C(C)C(=O)N[C@H](COC(=O)C(=C)C)CC(=O)O. The van der Waals surface area contributed by atoms with Crippen molar-refractivity contribution in [3.05, 3.63) is 24.3 Å². The van der Waals surface area contributed by atoms with Crippen molar-refractivity contribution in [2.75, 3.05) is 6.61 Å². The second kappa shape index (κ2) is 7.26. The molecule has 0 radical (unpaired) electrons. The van der Waals surface area contributed by atoms with Crippen molar-refractivity contribution in [2.45, 2.75) is 26.3 Å². The number of hydrogen-bond acceptors (Lipinski definition) is 4. The Balaban J connectivity index is 4.45. The van der Waals surface area contributed by atoms with E-state index in [1.54, 1.807) is 0 Å². The van der Waals surface area contributed by atoms with Gasteiger partial charge in [-0.05, 0) is 13.8 Å². The largest absolute Gasteiger partial charge is 0.481 e. The van der Waals surface area contributed by atoms with Gasteiger partial charge in [0.2, 0.25) is 5.91 Å². The monoisotopic (exact) mass is 255 g/mol. The Morgan fingerprint density at radius 3 is 2.17 bits per heavy atom. The average Bonchev–Trinajstić information content (AvgIpc) is 2.24. The van der Waals surface area contributed by atoms with Gasteiger partial charge in [-0.3, -0.25) is 9.59 Å². The van der Waals surface area contributed by atoms with Gasteiger partial charge in [-0.2, -0.15) is 0 Å². The van der Waals surface area contributed by atoms with Crippen molar-refractivity contribution in [3.63, 3.8) is 0 Å².